The van der Waals surface area contributed by atoms with Crippen molar-refractivity contribution in [2.45, 2.75) is 31.9 Å². The molecule has 1 aliphatic heterocycles. The third-order valence-electron chi connectivity index (χ3n) is 3.05. The first kappa shape index (κ1) is 11.1. The van der Waals surface area contributed by atoms with Crippen LogP contribution in [0.15, 0.2) is 16.8 Å². The molecule has 1 aromatic heterocycles. The summed E-state index contributed by atoms with van der Waals surface area (Å²) in [6, 6.07) is 2.50. The van der Waals surface area contributed by atoms with Gasteiger partial charge in [-0.2, -0.15) is 11.3 Å². The zero-order valence-electron chi connectivity index (χ0n) is 8.98. The second-order valence-electron chi connectivity index (χ2n) is 4.25. The molecule has 2 rings (SSSR count). The molecule has 3 nitrogen and oxygen atoms in total. The number of nitrogens with two attached hydrogens (primary N) is 1. The van der Waals surface area contributed by atoms with Crippen LogP contribution in [0.2, 0.25) is 0 Å². The molecule has 0 amide bonds. The van der Waals surface area contributed by atoms with Gasteiger partial charge in [0.1, 0.15) is 0 Å². The lowest BCUT2D eigenvalue weighted by atomic mass is 9.93. The Hall–Kier alpha value is -0.420. The van der Waals surface area contributed by atoms with Gasteiger partial charge in [0, 0.05) is 12.0 Å². The van der Waals surface area contributed by atoms with Crippen LogP contribution in [0.3, 0.4) is 0 Å². The standard InChI is InChI=1S/C11H18N2OS/c1-8-4-10(6-14-8)11(13-12)5-9-2-3-15-7-9/h2-3,7-8,10-11,13H,4-6,12H2,1H3. The van der Waals surface area contributed by atoms with Gasteiger partial charge in [-0.25, -0.2) is 0 Å². The molecule has 1 saturated heterocycles. The minimum Gasteiger partial charge on any atom is -0.378 e. The molecule has 0 spiro atoms. The maximum atomic E-state index is 5.61. The highest BCUT2D eigenvalue weighted by Crippen LogP contribution is 2.24. The number of rotatable bonds is 4. The van der Waals surface area contributed by atoms with Crippen LogP contribution < -0.4 is 11.3 Å². The van der Waals surface area contributed by atoms with Crippen molar-refractivity contribution in [3.63, 3.8) is 0 Å². The number of hydrazine groups is 1. The van der Waals surface area contributed by atoms with E-state index in [0.29, 0.717) is 18.1 Å². The Morgan fingerprint density at radius 1 is 1.73 bits per heavy atom. The van der Waals surface area contributed by atoms with Crippen molar-refractivity contribution in [2.75, 3.05) is 6.61 Å². The van der Waals surface area contributed by atoms with Gasteiger partial charge in [0.15, 0.2) is 0 Å². The normalized spacial score (nSPS) is 28.1. The van der Waals surface area contributed by atoms with E-state index in [2.05, 4.69) is 29.2 Å². The van der Waals surface area contributed by atoms with E-state index in [9.17, 15) is 0 Å². The summed E-state index contributed by atoms with van der Waals surface area (Å²) in [4.78, 5) is 0. The number of nitrogens with one attached hydrogen (secondary N) is 1. The van der Waals surface area contributed by atoms with E-state index >= 15 is 0 Å². The average molecular weight is 226 g/mol. The maximum Gasteiger partial charge on any atom is 0.0551 e. The molecule has 3 unspecified atom stereocenters. The monoisotopic (exact) mass is 226 g/mol. The van der Waals surface area contributed by atoms with E-state index in [1.165, 1.54) is 5.56 Å². The van der Waals surface area contributed by atoms with Crippen LogP contribution in [-0.4, -0.2) is 18.8 Å². The van der Waals surface area contributed by atoms with E-state index in [-0.39, 0.29) is 0 Å². The quantitative estimate of drug-likeness (QED) is 0.605. The lowest BCUT2D eigenvalue weighted by Gasteiger charge is -2.20. The van der Waals surface area contributed by atoms with Gasteiger partial charge in [-0.15, -0.1) is 0 Å². The van der Waals surface area contributed by atoms with Crippen molar-refractivity contribution >= 4 is 11.3 Å². The lowest BCUT2D eigenvalue weighted by molar-refractivity contribution is 0.117. The van der Waals surface area contributed by atoms with Gasteiger partial charge >= 0.3 is 0 Å². The second-order valence-corrected chi connectivity index (χ2v) is 5.03. The smallest absolute Gasteiger partial charge is 0.0551 e. The Labute approximate surface area is 94.6 Å². The van der Waals surface area contributed by atoms with Gasteiger partial charge < -0.3 is 4.74 Å². The Morgan fingerprint density at radius 2 is 2.60 bits per heavy atom. The Balaban J connectivity index is 1.92. The highest BCUT2D eigenvalue weighted by molar-refractivity contribution is 7.07. The first-order chi connectivity index (χ1) is 7.29. The molecule has 1 aliphatic rings. The summed E-state index contributed by atoms with van der Waals surface area (Å²) in [7, 11) is 0. The summed E-state index contributed by atoms with van der Waals surface area (Å²) in [6.07, 6.45) is 2.49. The molecule has 15 heavy (non-hydrogen) atoms. The van der Waals surface area contributed by atoms with Crippen LogP contribution in [0.4, 0.5) is 0 Å². The summed E-state index contributed by atoms with van der Waals surface area (Å²) >= 11 is 1.74. The topological polar surface area (TPSA) is 47.3 Å². The SMILES string of the molecule is CC1CC(C(Cc2ccsc2)NN)CO1. The van der Waals surface area contributed by atoms with Crippen LogP contribution in [0.1, 0.15) is 18.9 Å². The molecule has 1 fully saturated rings. The number of thiophene rings is 1. The molecule has 0 aromatic carbocycles. The highest BCUT2D eigenvalue weighted by atomic mass is 32.1. The van der Waals surface area contributed by atoms with Gasteiger partial charge in [-0.05, 0) is 42.2 Å². The fourth-order valence-electron chi connectivity index (χ4n) is 2.16. The maximum absolute atomic E-state index is 5.61. The van der Waals surface area contributed by atoms with Crippen molar-refractivity contribution in [2.24, 2.45) is 11.8 Å². The van der Waals surface area contributed by atoms with Crippen molar-refractivity contribution in [3.8, 4) is 0 Å². The molecule has 0 bridgehead atoms. The third-order valence-corrected chi connectivity index (χ3v) is 3.78. The number of hydrogen-bond donors (Lipinski definition) is 2. The molecular weight excluding hydrogens is 208 g/mol. The number of hydrogen-bond acceptors (Lipinski definition) is 4. The van der Waals surface area contributed by atoms with E-state index < -0.39 is 0 Å². The van der Waals surface area contributed by atoms with Crippen LogP contribution in [0.25, 0.3) is 0 Å². The first-order valence-electron chi connectivity index (χ1n) is 5.38. The summed E-state index contributed by atoms with van der Waals surface area (Å²) in [5.41, 5.74) is 4.29. The average Bonchev–Trinajstić information content (AvgIpc) is 2.85. The first-order valence-corrected chi connectivity index (χ1v) is 6.32. The summed E-state index contributed by atoms with van der Waals surface area (Å²) in [5.74, 6) is 6.16. The van der Waals surface area contributed by atoms with Gasteiger partial charge in [0.25, 0.3) is 0 Å². The number of ether oxygens (including phenoxy) is 1. The molecule has 0 radical (unpaired) electrons. The van der Waals surface area contributed by atoms with E-state index in [1.54, 1.807) is 11.3 Å². The molecule has 0 aliphatic carbocycles. The van der Waals surface area contributed by atoms with Crippen LogP contribution in [0.5, 0.6) is 0 Å². The van der Waals surface area contributed by atoms with Crippen molar-refractivity contribution in [1.82, 2.24) is 5.43 Å². The lowest BCUT2D eigenvalue weighted by Crippen LogP contribution is -2.42. The van der Waals surface area contributed by atoms with Gasteiger partial charge in [0.2, 0.25) is 0 Å². The molecule has 1 aromatic rings. The fourth-order valence-corrected chi connectivity index (χ4v) is 2.84. The van der Waals surface area contributed by atoms with Gasteiger partial charge in [-0.1, -0.05) is 0 Å². The van der Waals surface area contributed by atoms with Crippen molar-refractivity contribution in [3.05, 3.63) is 22.4 Å². The minimum atomic E-state index is 0.338. The van der Waals surface area contributed by atoms with Gasteiger partial charge in [-0.3, -0.25) is 11.3 Å². The minimum absolute atomic E-state index is 0.338. The van der Waals surface area contributed by atoms with E-state index in [0.717, 1.165) is 19.4 Å². The van der Waals surface area contributed by atoms with Gasteiger partial charge in [0.05, 0.1) is 12.7 Å². The Morgan fingerprint density at radius 3 is 3.13 bits per heavy atom. The Kier molecular flexibility index (Phi) is 3.75. The molecule has 3 atom stereocenters. The molecule has 3 N–H and O–H groups in total. The van der Waals surface area contributed by atoms with E-state index in [4.69, 9.17) is 10.6 Å². The molecule has 2 heterocycles. The van der Waals surface area contributed by atoms with Crippen LogP contribution in [-0.2, 0) is 11.2 Å². The third kappa shape index (κ3) is 2.78. The molecular formula is C11H18N2OS. The fraction of sp³-hybridized carbons (Fsp3) is 0.636. The molecule has 84 valence electrons. The summed E-state index contributed by atoms with van der Waals surface area (Å²) < 4.78 is 5.57. The summed E-state index contributed by atoms with van der Waals surface area (Å²) in [6.45, 7) is 2.96. The van der Waals surface area contributed by atoms with Crippen molar-refractivity contribution in [1.29, 1.82) is 0 Å². The largest absolute Gasteiger partial charge is 0.378 e. The molecule has 4 heteroatoms. The van der Waals surface area contributed by atoms with E-state index in [1.807, 2.05) is 0 Å². The predicted molar refractivity (Wildman–Crippen MR) is 62.7 cm³/mol. The predicted octanol–water partition coefficient (Wildman–Crippen LogP) is 1.55. The van der Waals surface area contributed by atoms with Crippen LogP contribution in [0, 0.1) is 5.92 Å². The zero-order valence-corrected chi connectivity index (χ0v) is 9.80. The summed E-state index contributed by atoms with van der Waals surface area (Å²) in [5, 5.41) is 4.29. The molecule has 0 saturated carbocycles. The Bertz CT molecular complexity index is 289. The second kappa shape index (κ2) is 5.07. The van der Waals surface area contributed by atoms with Crippen LogP contribution >= 0.6 is 11.3 Å². The zero-order chi connectivity index (χ0) is 10.7. The highest BCUT2D eigenvalue weighted by Gasteiger charge is 2.28. The van der Waals surface area contributed by atoms with Crippen molar-refractivity contribution < 1.29 is 4.74 Å².